The van der Waals surface area contributed by atoms with Gasteiger partial charge in [0.2, 0.25) is 0 Å². The molecular weight excluding hydrogens is 415 g/mol. The van der Waals surface area contributed by atoms with Gasteiger partial charge in [0, 0.05) is 13.1 Å². The van der Waals surface area contributed by atoms with Crippen LogP contribution < -0.4 is 5.32 Å². The van der Waals surface area contributed by atoms with Crippen LogP contribution in [0, 0.1) is 13.8 Å². The quantitative estimate of drug-likeness (QED) is 0.621. The second-order valence-electron chi connectivity index (χ2n) is 6.84. The van der Waals surface area contributed by atoms with E-state index in [4.69, 9.17) is 4.74 Å². The zero-order chi connectivity index (χ0) is 22.9. The molecule has 11 heteroatoms. The fourth-order valence-electron chi connectivity index (χ4n) is 3.18. The average molecular weight is 435 g/mol. The Hall–Kier alpha value is -3.63. The van der Waals surface area contributed by atoms with Crippen molar-refractivity contribution in [2.24, 2.45) is 7.05 Å². The molecule has 164 valence electrons. The van der Waals surface area contributed by atoms with E-state index in [-0.39, 0.29) is 12.2 Å². The Balaban J connectivity index is 1.86. The molecule has 0 aliphatic heterocycles. The number of hydrogen-bond donors (Lipinski definition) is 1. The molecule has 2 heterocycles. The molecule has 0 bridgehead atoms. The molecule has 0 unspecified atom stereocenters. The van der Waals surface area contributed by atoms with Gasteiger partial charge in [0.25, 0.3) is 5.91 Å². The van der Waals surface area contributed by atoms with Crippen LogP contribution in [0.4, 0.5) is 18.9 Å². The predicted molar refractivity (Wildman–Crippen MR) is 105 cm³/mol. The van der Waals surface area contributed by atoms with Gasteiger partial charge in [-0.25, -0.2) is 4.79 Å². The van der Waals surface area contributed by atoms with Crippen molar-refractivity contribution in [3.63, 3.8) is 0 Å². The monoisotopic (exact) mass is 435 g/mol. The molecule has 0 radical (unpaired) electrons. The molecule has 0 aliphatic carbocycles. The topological polar surface area (TPSA) is 91.0 Å². The highest BCUT2D eigenvalue weighted by Crippen LogP contribution is 2.29. The molecule has 0 aliphatic rings. The SMILES string of the molecule is COC(=O)c1ccccc1Cn1nc(C)c(NC(=O)c2cc(C(F)(F)F)n(C)n2)c1C. The highest BCUT2D eigenvalue weighted by atomic mass is 19.4. The number of carbonyl (C=O) groups is 2. The van der Waals surface area contributed by atoms with Crippen molar-refractivity contribution in [3.05, 3.63) is 64.2 Å². The first-order chi connectivity index (χ1) is 14.5. The number of halogens is 3. The number of aryl methyl sites for hydroxylation is 2. The second kappa shape index (κ2) is 8.25. The number of hydrogen-bond acceptors (Lipinski definition) is 5. The fraction of sp³-hybridized carbons (Fsp3) is 0.300. The van der Waals surface area contributed by atoms with Crippen LogP contribution >= 0.6 is 0 Å². The molecule has 0 saturated heterocycles. The molecule has 8 nitrogen and oxygen atoms in total. The fourth-order valence-corrected chi connectivity index (χ4v) is 3.18. The Kier molecular flexibility index (Phi) is 5.87. The van der Waals surface area contributed by atoms with E-state index in [9.17, 15) is 22.8 Å². The number of benzene rings is 1. The van der Waals surface area contributed by atoms with Crippen LogP contribution in [0.2, 0.25) is 0 Å². The van der Waals surface area contributed by atoms with Crippen molar-refractivity contribution in [2.45, 2.75) is 26.6 Å². The second-order valence-corrected chi connectivity index (χ2v) is 6.84. The van der Waals surface area contributed by atoms with E-state index in [0.29, 0.717) is 39.0 Å². The highest BCUT2D eigenvalue weighted by Gasteiger charge is 2.35. The lowest BCUT2D eigenvalue weighted by atomic mass is 10.1. The molecule has 0 atom stereocenters. The van der Waals surface area contributed by atoms with E-state index in [1.54, 1.807) is 42.8 Å². The molecule has 1 amide bonds. The molecule has 31 heavy (non-hydrogen) atoms. The lowest BCUT2D eigenvalue weighted by Crippen LogP contribution is -2.14. The van der Waals surface area contributed by atoms with Crippen molar-refractivity contribution in [3.8, 4) is 0 Å². The molecular formula is C20H20F3N5O3. The van der Waals surface area contributed by atoms with Crippen molar-refractivity contribution in [1.82, 2.24) is 19.6 Å². The van der Waals surface area contributed by atoms with Gasteiger partial charge in [0.1, 0.15) is 5.69 Å². The molecule has 0 fully saturated rings. The summed E-state index contributed by atoms with van der Waals surface area (Å²) < 4.78 is 45.9. The van der Waals surface area contributed by atoms with Gasteiger partial charge in [0.15, 0.2) is 5.69 Å². The van der Waals surface area contributed by atoms with Crippen molar-refractivity contribution >= 4 is 17.6 Å². The number of aromatic nitrogens is 4. The molecule has 3 aromatic rings. The minimum absolute atomic E-state index is 0.232. The van der Waals surface area contributed by atoms with Gasteiger partial charge in [-0.1, -0.05) is 18.2 Å². The number of amides is 1. The average Bonchev–Trinajstić information content (AvgIpc) is 3.23. The minimum Gasteiger partial charge on any atom is -0.465 e. The van der Waals surface area contributed by atoms with E-state index >= 15 is 0 Å². The van der Waals surface area contributed by atoms with Crippen LogP contribution in [0.15, 0.2) is 30.3 Å². The Bertz CT molecular complexity index is 1150. The first-order valence-electron chi connectivity index (χ1n) is 9.15. The van der Waals surface area contributed by atoms with Gasteiger partial charge >= 0.3 is 12.1 Å². The molecule has 0 saturated carbocycles. The minimum atomic E-state index is -4.62. The molecule has 1 N–H and O–H groups in total. The van der Waals surface area contributed by atoms with Crippen molar-refractivity contribution in [1.29, 1.82) is 0 Å². The molecule has 3 rings (SSSR count). The Morgan fingerprint density at radius 3 is 2.45 bits per heavy atom. The summed E-state index contributed by atoms with van der Waals surface area (Å²) in [5.74, 6) is -1.27. The van der Waals surface area contributed by atoms with E-state index < -0.39 is 23.7 Å². The predicted octanol–water partition coefficient (Wildman–Crippen LogP) is 3.34. The summed E-state index contributed by atoms with van der Waals surface area (Å²) in [7, 11) is 2.41. The van der Waals surface area contributed by atoms with Crippen molar-refractivity contribution < 1.29 is 27.5 Å². The van der Waals surface area contributed by atoms with E-state index in [1.807, 2.05) is 0 Å². The summed E-state index contributed by atoms with van der Waals surface area (Å²) in [6, 6.07) is 7.57. The number of ether oxygens (including phenoxy) is 1. The Morgan fingerprint density at radius 2 is 1.84 bits per heavy atom. The first-order valence-corrected chi connectivity index (χ1v) is 9.15. The summed E-state index contributed by atoms with van der Waals surface area (Å²) in [6.07, 6.45) is -4.62. The number of rotatable bonds is 5. The molecule has 1 aromatic carbocycles. The lowest BCUT2D eigenvalue weighted by Gasteiger charge is -2.10. The summed E-state index contributed by atoms with van der Waals surface area (Å²) in [5, 5.41) is 10.6. The summed E-state index contributed by atoms with van der Waals surface area (Å²) in [6.45, 7) is 3.59. The van der Waals surface area contributed by atoms with Gasteiger partial charge in [0.05, 0.1) is 36.3 Å². The number of esters is 1. The maximum absolute atomic E-state index is 13.0. The normalized spacial score (nSPS) is 11.5. The molecule has 2 aromatic heterocycles. The summed E-state index contributed by atoms with van der Waals surface area (Å²) in [5.41, 5.74) is 1.05. The largest absolute Gasteiger partial charge is 0.465 e. The summed E-state index contributed by atoms with van der Waals surface area (Å²) in [4.78, 5) is 24.5. The lowest BCUT2D eigenvalue weighted by molar-refractivity contribution is -0.143. The third-order valence-corrected chi connectivity index (χ3v) is 4.77. The van der Waals surface area contributed by atoms with Gasteiger partial charge in [-0.3, -0.25) is 14.2 Å². The first kappa shape index (κ1) is 22.1. The smallest absolute Gasteiger partial charge is 0.433 e. The third-order valence-electron chi connectivity index (χ3n) is 4.77. The van der Waals surface area contributed by atoms with Gasteiger partial charge in [-0.15, -0.1) is 0 Å². The number of anilines is 1. The number of nitrogens with zero attached hydrogens (tertiary/aromatic N) is 4. The van der Waals surface area contributed by atoms with Crippen LogP contribution in [0.3, 0.4) is 0 Å². The van der Waals surface area contributed by atoms with Crippen LogP contribution in [0.25, 0.3) is 0 Å². The zero-order valence-electron chi connectivity index (χ0n) is 17.2. The maximum atomic E-state index is 13.0. The maximum Gasteiger partial charge on any atom is 0.433 e. The number of nitrogens with one attached hydrogen (secondary N) is 1. The standard InChI is InChI=1S/C20H20F3N5O3/c1-11-17(24-18(29)15-9-16(20(21,22)23)27(3)26-15)12(2)28(25-11)10-13-7-5-6-8-14(13)19(30)31-4/h5-9H,10H2,1-4H3,(H,24,29). The third kappa shape index (κ3) is 4.44. The van der Waals surface area contributed by atoms with E-state index in [1.165, 1.54) is 7.11 Å². The van der Waals surface area contributed by atoms with Crippen LogP contribution in [-0.2, 0) is 24.5 Å². The summed E-state index contributed by atoms with van der Waals surface area (Å²) >= 11 is 0. The van der Waals surface area contributed by atoms with Gasteiger partial charge in [-0.2, -0.15) is 23.4 Å². The number of carbonyl (C=O) groups excluding carboxylic acids is 2. The van der Waals surface area contributed by atoms with Crippen LogP contribution in [0.1, 0.15) is 43.5 Å². The Labute approximate surface area is 175 Å². The van der Waals surface area contributed by atoms with Gasteiger partial charge in [-0.05, 0) is 25.5 Å². The van der Waals surface area contributed by atoms with Crippen LogP contribution in [-0.4, -0.2) is 38.5 Å². The van der Waals surface area contributed by atoms with Gasteiger partial charge < -0.3 is 10.1 Å². The molecule has 0 spiro atoms. The van der Waals surface area contributed by atoms with Crippen molar-refractivity contribution in [2.75, 3.05) is 12.4 Å². The Morgan fingerprint density at radius 1 is 1.16 bits per heavy atom. The zero-order valence-corrected chi connectivity index (χ0v) is 17.2. The number of methoxy groups -OCH3 is 1. The van der Waals surface area contributed by atoms with E-state index in [2.05, 4.69) is 15.5 Å². The highest BCUT2D eigenvalue weighted by molar-refractivity contribution is 6.03. The van der Waals surface area contributed by atoms with Crippen LogP contribution in [0.5, 0.6) is 0 Å². The number of alkyl halides is 3. The van der Waals surface area contributed by atoms with E-state index in [0.717, 1.165) is 7.05 Å².